The summed E-state index contributed by atoms with van der Waals surface area (Å²) in [7, 11) is 0. The minimum Gasteiger partial charge on any atom is -0.492 e. The van der Waals surface area contributed by atoms with Crippen LogP contribution in [0.25, 0.3) is 6.08 Å². The van der Waals surface area contributed by atoms with Gasteiger partial charge in [0.2, 0.25) is 5.91 Å². The molecule has 1 aliphatic rings. The number of carbonyl (C=O) groups excluding carboxylic acids is 1. The van der Waals surface area contributed by atoms with Gasteiger partial charge in [0, 0.05) is 25.6 Å². The molecule has 1 aromatic rings. The molecule has 26 heavy (non-hydrogen) atoms. The Bertz CT molecular complexity index is 551. The highest BCUT2D eigenvalue weighted by Gasteiger charge is 2.12. The van der Waals surface area contributed by atoms with Gasteiger partial charge in [0.1, 0.15) is 12.4 Å². The number of hydrogen-bond donors (Lipinski definition) is 1. The summed E-state index contributed by atoms with van der Waals surface area (Å²) in [6, 6.07) is 8.04. The summed E-state index contributed by atoms with van der Waals surface area (Å²) >= 11 is 0. The Morgan fingerprint density at radius 2 is 2.04 bits per heavy atom. The molecule has 2 N–H and O–H groups in total. The van der Waals surface area contributed by atoms with E-state index in [-0.39, 0.29) is 11.8 Å². The van der Waals surface area contributed by atoms with Gasteiger partial charge >= 0.3 is 0 Å². The highest BCUT2D eigenvalue weighted by molar-refractivity contribution is 5.76. The zero-order valence-electron chi connectivity index (χ0n) is 15.9. The van der Waals surface area contributed by atoms with Crippen LogP contribution < -0.4 is 10.5 Å². The van der Waals surface area contributed by atoms with Gasteiger partial charge in [-0.25, -0.2) is 0 Å². The lowest BCUT2D eigenvalue weighted by Gasteiger charge is -2.26. The Kier molecular flexibility index (Phi) is 9.21. The number of ether oxygens (including phenoxy) is 2. The van der Waals surface area contributed by atoms with E-state index in [1.807, 2.05) is 36.4 Å². The molecule has 0 saturated carbocycles. The van der Waals surface area contributed by atoms with Crippen molar-refractivity contribution in [3.05, 3.63) is 35.9 Å². The normalized spacial score (nSPS) is 16.7. The van der Waals surface area contributed by atoms with Gasteiger partial charge in [0.25, 0.3) is 0 Å². The van der Waals surface area contributed by atoms with E-state index < -0.39 is 0 Å². The number of nitrogens with two attached hydrogens (primary N) is 1. The van der Waals surface area contributed by atoms with Crippen molar-refractivity contribution in [1.29, 1.82) is 0 Å². The van der Waals surface area contributed by atoms with Crippen LogP contribution in [0.4, 0.5) is 0 Å². The first-order chi connectivity index (χ1) is 12.7. The number of morpholine rings is 1. The summed E-state index contributed by atoms with van der Waals surface area (Å²) in [5.74, 6) is 0.620. The molecule has 144 valence electrons. The van der Waals surface area contributed by atoms with E-state index in [1.54, 1.807) is 0 Å². The second-order valence-corrected chi connectivity index (χ2v) is 6.75. The molecule has 1 aliphatic heterocycles. The third-order valence-corrected chi connectivity index (χ3v) is 4.70. The summed E-state index contributed by atoms with van der Waals surface area (Å²) in [5, 5.41) is 0. The first kappa shape index (κ1) is 20.5. The maximum atomic E-state index is 11.5. The lowest BCUT2D eigenvalue weighted by molar-refractivity contribution is -0.121. The number of primary amides is 1. The van der Waals surface area contributed by atoms with Crippen LogP contribution in [0.3, 0.4) is 0 Å². The van der Waals surface area contributed by atoms with Crippen LogP contribution in [0.15, 0.2) is 30.3 Å². The first-order valence-corrected chi connectivity index (χ1v) is 9.68. The molecule has 2 rings (SSSR count). The van der Waals surface area contributed by atoms with Gasteiger partial charge in [-0.3, -0.25) is 9.69 Å². The molecule has 1 heterocycles. The van der Waals surface area contributed by atoms with Crippen molar-refractivity contribution in [1.82, 2.24) is 4.90 Å². The number of amides is 1. The third-order valence-electron chi connectivity index (χ3n) is 4.70. The lowest BCUT2D eigenvalue weighted by atomic mass is 9.97. The van der Waals surface area contributed by atoms with Gasteiger partial charge in [-0.05, 0) is 30.5 Å². The van der Waals surface area contributed by atoms with E-state index in [0.29, 0.717) is 13.0 Å². The van der Waals surface area contributed by atoms with E-state index in [2.05, 4.69) is 11.8 Å². The molecule has 0 aliphatic carbocycles. The zero-order chi connectivity index (χ0) is 18.6. The Morgan fingerprint density at radius 3 is 2.69 bits per heavy atom. The van der Waals surface area contributed by atoms with Gasteiger partial charge in [-0.2, -0.15) is 0 Å². The second-order valence-electron chi connectivity index (χ2n) is 6.75. The molecule has 0 spiro atoms. The molecule has 0 aromatic heterocycles. The topological polar surface area (TPSA) is 64.8 Å². The van der Waals surface area contributed by atoms with Crippen LogP contribution >= 0.6 is 0 Å². The van der Waals surface area contributed by atoms with Crippen molar-refractivity contribution < 1.29 is 14.3 Å². The standard InChI is InChI=1S/C21H32N2O3/c1-2-3-6-19(21(22)24)7-4-5-18-8-10-20(11-9-18)26-17-14-23-12-15-25-16-13-23/h4-5,8-11,19H,2-3,6-7,12-17H2,1H3,(H2,22,24). The molecule has 0 radical (unpaired) electrons. The van der Waals surface area contributed by atoms with Crippen molar-refractivity contribution in [3.63, 3.8) is 0 Å². The molecule has 1 unspecified atom stereocenters. The van der Waals surface area contributed by atoms with Crippen molar-refractivity contribution in [2.24, 2.45) is 11.7 Å². The molecule has 1 aromatic carbocycles. The van der Waals surface area contributed by atoms with Crippen LogP contribution in [0.2, 0.25) is 0 Å². The van der Waals surface area contributed by atoms with Crippen LogP contribution in [-0.2, 0) is 9.53 Å². The zero-order valence-corrected chi connectivity index (χ0v) is 15.9. The molecule has 5 nitrogen and oxygen atoms in total. The minimum absolute atomic E-state index is 0.0611. The number of unbranched alkanes of at least 4 members (excludes halogenated alkanes) is 1. The van der Waals surface area contributed by atoms with Crippen molar-refractivity contribution in [3.8, 4) is 5.75 Å². The van der Waals surface area contributed by atoms with Crippen LogP contribution in [0.5, 0.6) is 5.75 Å². The second kappa shape index (κ2) is 11.7. The third kappa shape index (κ3) is 7.58. The number of benzene rings is 1. The van der Waals surface area contributed by atoms with E-state index in [9.17, 15) is 4.79 Å². The van der Waals surface area contributed by atoms with Gasteiger partial charge in [-0.15, -0.1) is 0 Å². The fourth-order valence-electron chi connectivity index (χ4n) is 2.99. The number of nitrogens with zero attached hydrogens (tertiary/aromatic N) is 1. The van der Waals surface area contributed by atoms with Gasteiger partial charge < -0.3 is 15.2 Å². The van der Waals surface area contributed by atoms with E-state index in [1.165, 1.54) is 0 Å². The molecular formula is C21H32N2O3. The van der Waals surface area contributed by atoms with Crippen LogP contribution in [0, 0.1) is 5.92 Å². The summed E-state index contributed by atoms with van der Waals surface area (Å²) in [6.07, 6.45) is 7.77. The summed E-state index contributed by atoms with van der Waals surface area (Å²) < 4.78 is 11.2. The average Bonchev–Trinajstić information content (AvgIpc) is 2.66. The number of allylic oxidation sites excluding steroid dienone is 1. The molecular weight excluding hydrogens is 328 g/mol. The highest BCUT2D eigenvalue weighted by atomic mass is 16.5. The molecule has 1 saturated heterocycles. The molecule has 5 heteroatoms. The Morgan fingerprint density at radius 1 is 1.31 bits per heavy atom. The molecule has 1 fully saturated rings. The van der Waals surface area contributed by atoms with E-state index in [4.69, 9.17) is 15.2 Å². The fraction of sp³-hybridized carbons (Fsp3) is 0.571. The van der Waals surface area contributed by atoms with Gasteiger partial charge in [-0.1, -0.05) is 44.1 Å². The largest absolute Gasteiger partial charge is 0.492 e. The van der Waals surface area contributed by atoms with E-state index in [0.717, 1.165) is 63.4 Å². The van der Waals surface area contributed by atoms with Gasteiger partial charge in [0.05, 0.1) is 13.2 Å². The Hall–Kier alpha value is -1.85. The Balaban J connectivity index is 1.72. The van der Waals surface area contributed by atoms with Crippen LogP contribution in [0.1, 0.15) is 38.2 Å². The van der Waals surface area contributed by atoms with Crippen molar-refractivity contribution in [2.75, 3.05) is 39.5 Å². The van der Waals surface area contributed by atoms with Gasteiger partial charge in [0.15, 0.2) is 0 Å². The smallest absolute Gasteiger partial charge is 0.220 e. The first-order valence-electron chi connectivity index (χ1n) is 9.68. The fourth-order valence-corrected chi connectivity index (χ4v) is 2.99. The SMILES string of the molecule is CCCCC(CC=Cc1ccc(OCCN2CCOCC2)cc1)C(N)=O. The quantitative estimate of drug-likeness (QED) is 0.659. The summed E-state index contributed by atoms with van der Waals surface area (Å²) in [6.45, 7) is 7.34. The maximum absolute atomic E-state index is 11.5. The van der Waals surface area contributed by atoms with Crippen molar-refractivity contribution >= 4 is 12.0 Å². The Labute approximate surface area is 157 Å². The number of carbonyl (C=O) groups is 1. The monoisotopic (exact) mass is 360 g/mol. The summed E-state index contributed by atoms with van der Waals surface area (Å²) in [4.78, 5) is 13.8. The molecule has 1 atom stereocenters. The minimum atomic E-state index is -0.202. The molecule has 0 bridgehead atoms. The summed E-state index contributed by atoms with van der Waals surface area (Å²) in [5.41, 5.74) is 6.58. The van der Waals surface area contributed by atoms with Crippen molar-refractivity contribution in [2.45, 2.75) is 32.6 Å². The van der Waals surface area contributed by atoms with E-state index >= 15 is 0 Å². The average molecular weight is 360 g/mol. The lowest BCUT2D eigenvalue weighted by Crippen LogP contribution is -2.38. The van der Waals surface area contributed by atoms with Crippen LogP contribution in [-0.4, -0.2) is 50.3 Å². The number of hydrogen-bond acceptors (Lipinski definition) is 4. The predicted molar refractivity (Wildman–Crippen MR) is 105 cm³/mol. The number of rotatable bonds is 11. The molecule has 1 amide bonds. The maximum Gasteiger partial charge on any atom is 0.220 e. The highest BCUT2D eigenvalue weighted by Crippen LogP contribution is 2.16. The predicted octanol–water partition coefficient (Wildman–Crippen LogP) is 3.09.